The van der Waals surface area contributed by atoms with Crippen LogP contribution in [0.5, 0.6) is 0 Å². The Bertz CT molecular complexity index is 366. The van der Waals surface area contributed by atoms with Crippen molar-refractivity contribution in [3.05, 3.63) is 0 Å². The van der Waals surface area contributed by atoms with Crippen molar-refractivity contribution in [2.24, 2.45) is 0 Å². The Kier molecular flexibility index (Phi) is 7.30. The molecular formula is C17H30N2O4. The number of aliphatic carboxylic acids is 2. The van der Waals surface area contributed by atoms with Crippen LogP contribution < -0.4 is 0 Å². The van der Waals surface area contributed by atoms with E-state index in [-0.39, 0.29) is 12.1 Å². The first-order valence-electron chi connectivity index (χ1n) is 9.03. The predicted octanol–water partition coefficient (Wildman–Crippen LogP) is 2.03. The average molecular weight is 326 g/mol. The molecule has 2 rings (SSSR count). The van der Waals surface area contributed by atoms with E-state index in [9.17, 15) is 9.59 Å². The number of carboxylic acids is 2. The summed E-state index contributed by atoms with van der Waals surface area (Å²) >= 11 is 0. The number of nitrogens with zero attached hydrogens (tertiary/aromatic N) is 2. The fourth-order valence-electron chi connectivity index (χ4n) is 3.91. The molecule has 0 amide bonds. The highest BCUT2D eigenvalue weighted by Gasteiger charge is 2.30. The molecule has 23 heavy (non-hydrogen) atoms. The molecule has 6 heteroatoms. The third-order valence-corrected chi connectivity index (χ3v) is 5.19. The van der Waals surface area contributed by atoms with Gasteiger partial charge in [0.15, 0.2) is 0 Å². The van der Waals surface area contributed by atoms with E-state index in [4.69, 9.17) is 10.2 Å². The first kappa shape index (κ1) is 18.2. The number of carbonyl (C=O) groups is 2. The summed E-state index contributed by atoms with van der Waals surface area (Å²) in [5.74, 6) is -1.36. The van der Waals surface area contributed by atoms with Crippen molar-refractivity contribution in [3.63, 3.8) is 0 Å². The van der Waals surface area contributed by atoms with Crippen LogP contribution in [-0.4, -0.2) is 70.2 Å². The summed E-state index contributed by atoms with van der Waals surface area (Å²) in [5, 5.41) is 18.3. The Hall–Kier alpha value is -1.14. The van der Waals surface area contributed by atoms with Gasteiger partial charge >= 0.3 is 11.9 Å². The highest BCUT2D eigenvalue weighted by atomic mass is 16.4. The quantitative estimate of drug-likeness (QED) is 0.598. The van der Waals surface area contributed by atoms with Gasteiger partial charge in [0.2, 0.25) is 0 Å². The summed E-state index contributed by atoms with van der Waals surface area (Å²) in [6, 6.07) is -0.531. The van der Waals surface area contributed by atoms with Crippen LogP contribution in [0.25, 0.3) is 0 Å². The predicted molar refractivity (Wildman–Crippen MR) is 87.5 cm³/mol. The topological polar surface area (TPSA) is 81.1 Å². The van der Waals surface area contributed by atoms with E-state index in [0.717, 1.165) is 84.0 Å². The Morgan fingerprint density at radius 2 is 1.13 bits per heavy atom. The zero-order valence-corrected chi connectivity index (χ0v) is 14.0. The van der Waals surface area contributed by atoms with Crippen LogP contribution >= 0.6 is 0 Å². The number of carboxylic acid groups (broad SMARTS) is 2. The summed E-state index contributed by atoms with van der Waals surface area (Å²) in [6.07, 6.45) is 9.10. The van der Waals surface area contributed by atoms with E-state index in [1.165, 1.54) is 0 Å². The normalized spacial score (nSPS) is 25.9. The lowest BCUT2D eigenvalue weighted by molar-refractivity contribution is -0.143. The van der Waals surface area contributed by atoms with Crippen LogP contribution in [0.2, 0.25) is 0 Å². The van der Waals surface area contributed by atoms with Crippen molar-refractivity contribution < 1.29 is 19.8 Å². The molecule has 0 bridgehead atoms. The maximum Gasteiger partial charge on any atom is 0.320 e. The van der Waals surface area contributed by atoms with Gasteiger partial charge in [-0.3, -0.25) is 19.4 Å². The molecule has 2 aliphatic heterocycles. The van der Waals surface area contributed by atoms with Crippen LogP contribution in [-0.2, 0) is 9.59 Å². The van der Waals surface area contributed by atoms with Crippen LogP contribution in [0.3, 0.4) is 0 Å². The molecule has 2 aliphatic rings. The van der Waals surface area contributed by atoms with E-state index in [1.807, 2.05) is 0 Å². The van der Waals surface area contributed by atoms with Crippen molar-refractivity contribution >= 4 is 11.9 Å². The number of rotatable bonds is 10. The van der Waals surface area contributed by atoms with E-state index in [2.05, 4.69) is 9.80 Å². The molecule has 0 aromatic carbocycles. The minimum atomic E-state index is -0.680. The maximum atomic E-state index is 11.1. The first-order valence-corrected chi connectivity index (χ1v) is 9.03. The van der Waals surface area contributed by atoms with E-state index >= 15 is 0 Å². The second-order valence-electron chi connectivity index (χ2n) is 6.83. The smallest absolute Gasteiger partial charge is 0.320 e. The van der Waals surface area contributed by atoms with Gasteiger partial charge < -0.3 is 10.2 Å². The molecule has 2 saturated heterocycles. The molecular weight excluding hydrogens is 296 g/mol. The number of hydrogen-bond donors (Lipinski definition) is 2. The van der Waals surface area contributed by atoms with Crippen molar-refractivity contribution in [2.45, 2.75) is 69.9 Å². The Labute approximate surface area is 138 Å². The largest absolute Gasteiger partial charge is 0.480 e. The van der Waals surface area contributed by atoms with Crippen molar-refractivity contribution in [3.8, 4) is 0 Å². The number of unbranched alkanes of at least 4 members (excludes halogenated alkanes) is 4. The standard InChI is InChI=1S/C17H30N2O4/c20-16(21)14-8-6-12-18(14)10-4-2-1-3-5-11-19-13-7-9-15(19)17(22)23/h14-15H,1-13H2,(H,20,21)(H,22,23). The molecule has 0 radical (unpaired) electrons. The van der Waals surface area contributed by atoms with Gasteiger partial charge in [-0.2, -0.15) is 0 Å². The van der Waals surface area contributed by atoms with Gasteiger partial charge in [-0.1, -0.05) is 19.3 Å². The lowest BCUT2D eigenvalue weighted by atomic mass is 10.1. The average Bonchev–Trinajstić information content (AvgIpc) is 3.14. The van der Waals surface area contributed by atoms with Gasteiger partial charge in [-0.15, -0.1) is 0 Å². The summed E-state index contributed by atoms with van der Waals surface area (Å²) in [6.45, 7) is 3.62. The zero-order valence-electron chi connectivity index (χ0n) is 14.0. The summed E-state index contributed by atoms with van der Waals surface area (Å²) in [5.41, 5.74) is 0. The monoisotopic (exact) mass is 326 g/mol. The van der Waals surface area contributed by atoms with E-state index in [0.29, 0.717) is 0 Å². The lowest BCUT2D eigenvalue weighted by Crippen LogP contribution is -2.36. The molecule has 0 aromatic heterocycles. The Morgan fingerprint density at radius 1 is 0.739 bits per heavy atom. The molecule has 2 unspecified atom stereocenters. The lowest BCUT2D eigenvalue weighted by Gasteiger charge is -2.21. The molecule has 2 heterocycles. The van der Waals surface area contributed by atoms with Gasteiger partial charge in [0.25, 0.3) is 0 Å². The van der Waals surface area contributed by atoms with E-state index in [1.54, 1.807) is 0 Å². The molecule has 2 fully saturated rings. The number of likely N-dealkylation sites (tertiary alicyclic amines) is 2. The fraction of sp³-hybridized carbons (Fsp3) is 0.882. The molecule has 0 aliphatic carbocycles. The summed E-state index contributed by atoms with van der Waals surface area (Å²) in [7, 11) is 0. The maximum absolute atomic E-state index is 11.1. The Balaban J connectivity index is 1.50. The summed E-state index contributed by atoms with van der Waals surface area (Å²) < 4.78 is 0. The molecule has 0 aromatic rings. The summed E-state index contributed by atoms with van der Waals surface area (Å²) in [4.78, 5) is 26.4. The van der Waals surface area contributed by atoms with Crippen molar-refractivity contribution in [2.75, 3.05) is 26.2 Å². The van der Waals surface area contributed by atoms with Gasteiger partial charge in [0.1, 0.15) is 12.1 Å². The molecule has 2 N–H and O–H groups in total. The molecule has 6 nitrogen and oxygen atoms in total. The first-order chi connectivity index (χ1) is 11.1. The SMILES string of the molecule is O=C(O)C1CCCN1CCCCCCCN1CCCC1C(=O)O. The molecule has 132 valence electrons. The second kappa shape index (κ2) is 9.23. The van der Waals surface area contributed by atoms with Crippen LogP contribution in [0.15, 0.2) is 0 Å². The highest BCUT2D eigenvalue weighted by molar-refractivity contribution is 5.74. The third kappa shape index (κ3) is 5.46. The molecule has 0 saturated carbocycles. The van der Waals surface area contributed by atoms with Gasteiger partial charge in [0.05, 0.1) is 0 Å². The van der Waals surface area contributed by atoms with Crippen LogP contribution in [0.4, 0.5) is 0 Å². The van der Waals surface area contributed by atoms with Crippen LogP contribution in [0, 0.1) is 0 Å². The van der Waals surface area contributed by atoms with Crippen molar-refractivity contribution in [1.29, 1.82) is 0 Å². The third-order valence-electron chi connectivity index (χ3n) is 5.19. The Morgan fingerprint density at radius 3 is 1.52 bits per heavy atom. The highest BCUT2D eigenvalue weighted by Crippen LogP contribution is 2.20. The van der Waals surface area contributed by atoms with Gasteiger partial charge in [-0.25, -0.2) is 0 Å². The molecule has 0 spiro atoms. The second-order valence-corrected chi connectivity index (χ2v) is 6.83. The van der Waals surface area contributed by atoms with Gasteiger partial charge in [-0.05, 0) is 64.7 Å². The molecule has 2 atom stereocenters. The van der Waals surface area contributed by atoms with E-state index < -0.39 is 11.9 Å². The van der Waals surface area contributed by atoms with Crippen LogP contribution in [0.1, 0.15) is 57.8 Å². The minimum Gasteiger partial charge on any atom is -0.480 e. The van der Waals surface area contributed by atoms with Crippen molar-refractivity contribution in [1.82, 2.24) is 9.80 Å². The fourth-order valence-corrected chi connectivity index (χ4v) is 3.91. The van der Waals surface area contributed by atoms with Gasteiger partial charge in [0, 0.05) is 0 Å². The minimum absolute atomic E-state index is 0.266. The number of hydrogen-bond acceptors (Lipinski definition) is 4. The zero-order chi connectivity index (χ0) is 16.7.